The molecule has 3 aromatic rings. The molecule has 1 aliphatic rings. The molecule has 0 bridgehead atoms. The van der Waals surface area contributed by atoms with Crippen molar-refractivity contribution in [2.75, 3.05) is 0 Å². The highest BCUT2D eigenvalue weighted by Gasteiger charge is 2.46. The van der Waals surface area contributed by atoms with Gasteiger partial charge in [-0.05, 0) is 58.9 Å². The van der Waals surface area contributed by atoms with Crippen LogP contribution in [0.15, 0.2) is 72.6 Å². The maximum Gasteiger partial charge on any atom is 0.295 e. The number of aliphatic hydroxyl groups is 1. The summed E-state index contributed by atoms with van der Waals surface area (Å²) in [6.07, 6.45) is 3.19. The van der Waals surface area contributed by atoms with Crippen molar-refractivity contribution in [3.8, 4) is 0 Å². The van der Waals surface area contributed by atoms with Gasteiger partial charge in [0.15, 0.2) is 0 Å². The largest absolute Gasteiger partial charge is 0.507 e. The second-order valence-corrected chi connectivity index (χ2v) is 9.62. The molecule has 4 rings (SSSR count). The molecular formula is C28H27FN2O3. The average molecular weight is 459 g/mol. The van der Waals surface area contributed by atoms with Gasteiger partial charge in [0.25, 0.3) is 11.7 Å². The maximum atomic E-state index is 13.4. The van der Waals surface area contributed by atoms with Crippen molar-refractivity contribution in [3.63, 3.8) is 0 Å². The lowest BCUT2D eigenvalue weighted by Gasteiger charge is -2.25. The Morgan fingerprint density at radius 1 is 1.09 bits per heavy atom. The third-order valence-corrected chi connectivity index (χ3v) is 6.17. The van der Waals surface area contributed by atoms with Crippen LogP contribution in [0, 0.1) is 12.7 Å². The average Bonchev–Trinajstić information content (AvgIpc) is 3.05. The number of carbonyl (C=O) groups is 2. The monoisotopic (exact) mass is 458 g/mol. The number of rotatable bonds is 4. The van der Waals surface area contributed by atoms with Crippen molar-refractivity contribution in [2.24, 2.45) is 0 Å². The van der Waals surface area contributed by atoms with E-state index in [0.29, 0.717) is 16.7 Å². The van der Waals surface area contributed by atoms with Crippen molar-refractivity contribution in [2.45, 2.75) is 45.7 Å². The summed E-state index contributed by atoms with van der Waals surface area (Å²) >= 11 is 0. The Balaban J connectivity index is 1.88. The zero-order valence-electron chi connectivity index (χ0n) is 19.7. The summed E-state index contributed by atoms with van der Waals surface area (Å²) < 4.78 is 13.4. The Hall–Kier alpha value is -3.80. The van der Waals surface area contributed by atoms with E-state index in [1.807, 2.05) is 25.1 Å². The molecule has 0 aliphatic carbocycles. The van der Waals surface area contributed by atoms with Crippen molar-refractivity contribution in [1.82, 2.24) is 9.88 Å². The summed E-state index contributed by atoms with van der Waals surface area (Å²) in [4.78, 5) is 32.0. The van der Waals surface area contributed by atoms with E-state index in [4.69, 9.17) is 0 Å². The molecule has 34 heavy (non-hydrogen) atoms. The van der Waals surface area contributed by atoms with Gasteiger partial charge in [-0.25, -0.2) is 4.39 Å². The number of aliphatic hydroxyl groups excluding tert-OH is 1. The number of amides is 1. The van der Waals surface area contributed by atoms with Crippen LogP contribution in [0.25, 0.3) is 5.76 Å². The van der Waals surface area contributed by atoms with Crippen LogP contribution in [-0.2, 0) is 21.5 Å². The van der Waals surface area contributed by atoms with Crippen LogP contribution in [0.1, 0.15) is 54.6 Å². The fourth-order valence-corrected chi connectivity index (χ4v) is 4.20. The normalized spacial score (nSPS) is 17.9. The molecule has 0 saturated carbocycles. The van der Waals surface area contributed by atoms with Crippen LogP contribution in [0.4, 0.5) is 4.39 Å². The first-order valence-corrected chi connectivity index (χ1v) is 11.1. The third-order valence-electron chi connectivity index (χ3n) is 6.17. The molecule has 5 nitrogen and oxygen atoms in total. The van der Waals surface area contributed by atoms with Gasteiger partial charge in [-0.1, -0.05) is 51.1 Å². The van der Waals surface area contributed by atoms with Crippen LogP contribution < -0.4 is 0 Å². The number of carbonyl (C=O) groups excluding carboxylic acids is 2. The highest BCUT2D eigenvalue weighted by Crippen LogP contribution is 2.41. The number of hydrogen-bond donors (Lipinski definition) is 1. The molecule has 1 aromatic heterocycles. The summed E-state index contributed by atoms with van der Waals surface area (Å²) in [6.45, 7) is 8.15. The first kappa shape index (κ1) is 23.4. The quantitative estimate of drug-likeness (QED) is 0.321. The van der Waals surface area contributed by atoms with Crippen LogP contribution >= 0.6 is 0 Å². The van der Waals surface area contributed by atoms with E-state index in [0.717, 1.165) is 11.1 Å². The van der Waals surface area contributed by atoms with Gasteiger partial charge >= 0.3 is 0 Å². The standard InChI is InChI=1S/C28H27FN2O3/c1-17-7-10-20(28(2,3)4)14-22(17)25(32)23-24(19-6-5-13-30-15-19)31(27(34)26(23)33)16-18-8-11-21(29)12-9-18/h5-15,24,32H,16H2,1-4H3/b25-23+. The van der Waals surface area contributed by atoms with Crippen LogP contribution in [0.5, 0.6) is 0 Å². The molecule has 174 valence electrons. The summed E-state index contributed by atoms with van der Waals surface area (Å²) in [7, 11) is 0. The minimum Gasteiger partial charge on any atom is -0.507 e. The SMILES string of the molecule is Cc1ccc(C(C)(C)C)cc1/C(O)=C1\C(=O)C(=O)N(Cc2ccc(F)cc2)C1c1cccnc1. The van der Waals surface area contributed by atoms with Crippen LogP contribution in [0.2, 0.25) is 0 Å². The molecule has 1 unspecified atom stereocenters. The summed E-state index contributed by atoms with van der Waals surface area (Å²) in [5.74, 6) is -2.07. The van der Waals surface area contributed by atoms with Gasteiger partial charge in [0.05, 0.1) is 11.6 Å². The van der Waals surface area contributed by atoms with Gasteiger partial charge in [0.2, 0.25) is 0 Å². The van der Waals surface area contributed by atoms with Gasteiger partial charge in [0.1, 0.15) is 11.6 Å². The smallest absolute Gasteiger partial charge is 0.295 e. The van der Waals surface area contributed by atoms with E-state index in [2.05, 4.69) is 25.8 Å². The maximum absolute atomic E-state index is 13.4. The number of nitrogens with zero attached hydrogens (tertiary/aromatic N) is 2. The number of benzene rings is 2. The molecule has 1 amide bonds. The molecule has 1 fully saturated rings. The highest BCUT2D eigenvalue weighted by atomic mass is 19.1. The molecule has 2 heterocycles. The van der Waals surface area contributed by atoms with E-state index in [9.17, 15) is 19.1 Å². The van der Waals surface area contributed by atoms with Crippen LogP contribution in [0.3, 0.4) is 0 Å². The number of pyridine rings is 1. The number of hydrogen-bond acceptors (Lipinski definition) is 4. The second-order valence-electron chi connectivity index (χ2n) is 9.62. The van der Waals surface area contributed by atoms with Gasteiger partial charge in [-0.2, -0.15) is 0 Å². The predicted molar refractivity (Wildman–Crippen MR) is 128 cm³/mol. The Morgan fingerprint density at radius 3 is 2.41 bits per heavy atom. The lowest BCUT2D eigenvalue weighted by Crippen LogP contribution is -2.29. The van der Waals surface area contributed by atoms with E-state index in [1.54, 1.807) is 36.7 Å². The van der Waals surface area contributed by atoms with E-state index < -0.39 is 17.7 Å². The van der Waals surface area contributed by atoms with Gasteiger partial charge in [-0.15, -0.1) is 0 Å². The first-order chi connectivity index (χ1) is 16.1. The zero-order chi connectivity index (χ0) is 24.6. The van der Waals surface area contributed by atoms with E-state index in [-0.39, 0.29) is 29.1 Å². The number of Topliss-reactive ketones (excluding diaryl/α,β-unsaturated/α-hetero) is 1. The highest BCUT2D eigenvalue weighted by molar-refractivity contribution is 6.46. The molecule has 1 aliphatic heterocycles. The number of aromatic nitrogens is 1. The summed E-state index contributed by atoms with van der Waals surface area (Å²) in [6, 6.07) is 14.2. The minimum absolute atomic E-state index is 0.0225. The topological polar surface area (TPSA) is 70.5 Å². The first-order valence-electron chi connectivity index (χ1n) is 11.1. The van der Waals surface area contributed by atoms with Gasteiger partial charge in [0, 0.05) is 24.5 Å². The molecule has 1 N–H and O–H groups in total. The van der Waals surface area contributed by atoms with Crippen molar-refractivity contribution >= 4 is 17.4 Å². The fourth-order valence-electron chi connectivity index (χ4n) is 4.20. The molecule has 6 heteroatoms. The molecule has 2 aromatic carbocycles. The fraction of sp³-hybridized carbons (Fsp3) is 0.250. The lowest BCUT2D eigenvalue weighted by atomic mass is 9.84. The molecular weight excluding hydrogens is 431 g/mol. The minimum atomic E-state index is -0.823. The Labute approximate surface area is 198 Å². The van der Waals surface area contributed by atoms with Crippen molar-refractivity contribution < 1.29 is 19.1 Å². The Bertz CT molecular complexity index is 1280. The van der Waals surface area contributed by atoms with Gasteiger partial charge in [-0.3, -0.25) is 14.6 Å². The third kappa shape index (κ3) is 4.36. The Kier molecular flexibility index (Phi) is 6.09. The van der Waals surface area contributed by atoms with Crippen LogP contribution in [-0.4, -0.2) is 26.7 Å². The summed E-state index contributed by atoms with van der Waals surface area (Å²) in [5.41, 5.74) is 3.44. The molecule has 1 atom stereocenters. The molecule has 0 radical (unpaired) electrons. The number of aryl methyl sites for hydroxylation is 1. The lowest BCUT2D eigenvalue weighted by molar-refractivity contribution is -0.140. The predicted octanol–water partition coefficient (Wildman–Crippen LogP) is 5.45. The number of halogens is 1. The van der Waals surface area contributed by atoms with Crippen molar-refractivity contribution in [1.29, 1.82) is 0 Å². The van der Waals surface area contributed by atoms with E-state index >= 15 is 0 Å². The molecule has 1 saturated heterocycles. The Morgan fingerprint density at radius 2 is 1.79 bits per heavy atom. The molecule has 0 spiro atoms. The second kappa shape index (κ2) is 8.86. The van der Waals surface area contributed by atoms with Gasteiger partial charge < -0.3 is 10.0 Å². The number of likely N-dealkylation sites (tertiary alicyclic amines) is 1. The van der Waals surface area contributed by atoms with Crippen molar-refractivity contribution in [3.05, 3.63) is 106 Å². The van der Waals surface area contributed by atoms with E-state index in [1.165, 1.54) is 17.0 Å². The summed E-state index contributed by atoms with van der Waals surface area (Å²) in [5, 5.41) is 11.4. The number of ketones is 1. The zero-order valence-corrected chi connectivity index (χ0v) is 19.7.